The normalized spacial score (nSPS) is 22.7. The maximum absolute atomic E-state index is 14.1. The second-order valence-electron chi connectivity index (χ2n) is 5.57. The van der Waals surface area contributed by atoms with E-state index in [-0.39, 0.29) is 24.1 Å². The highest BCUT2D eigenvalue weighted by Gasteiger charge is 2.21. The zero-order valence-electron chi connectivity index (χ0n) is 12.0. The summed E-state index contributed by atoms with van der Waals surface area (Å²) in [5, 5.41) is 7.35. The summed E-state index contributed by atoms with van der Waals surface area (Å²) in [5.41, 5.74) is 6.00. The highest BCUT2D eigenvalue weighted by Crippen LogP contribution is 2.29. The number of halogens is 1. The van der Waals surface area contributed by atoms with Crippen LogP contribution in [-0.4, -0.2) is 11.9 Å². The molecule has 0 radical (unpaired) electrons. The summed E-state index contributed by atoms with van der Waals surface area (Å²) in [7, 11) is 0. The first-order valence-corrected chi connectivity index (χ1v) is 7.35. The summed E-state index contributed by atoms with van der Waals surface area (Å²) in [6.45, 7) is 2.47. The van der Waals surface area contributed by atoms with E-state index in [1.165, 1.54) is 25.3 Å². The van der Waals surface area contributed by atoms with Crippen molar-refractivity contribution in [1.29, 1.82) is 5.41 Å². The van der Waals surface area contributed by atoms with Gasteiger partial charge < -0.3 is 10.5 Å². The Labute approximate surface area is 119 Å². The predicted octanol–water partition coefficient (Wildman–Crippen LogP) is 3.60. The van der Waals surface area contributed by atoms with E-state index in [4.69, 9.17) is 15.9 Å². The van der Waals surface area contributed by atoms with Crippen LogP contribution in [0, 0.1) is 17.1 Å². The predicted molar refractivity (Wildman–Crippen MR) is 78.2 cm³/mol. The smallest absolute Gasteiger partial charge is 0.139 e. The molecule has 3 nitrogen and oxygen atoms in total. The highest BCUT2D eigenvalue weighted by atomic mass is 19.1. The molecule has 2 unspecified atom stereocenters. The van der Waals surface area contributed by atoms with Crippen LogP contribution >= 0.6 is 0 Å². The summed E-state index contributed by atoms with van der Waals surface area (Å²) < 4.78 is 20.0. The minimum Gasteiger partial charge on any atom is -0.384 e. The minimum absolute atomic E-state index is 0.154. The fourth-order valence-electron chi connectivity index (χ4n) is 2.87. The van der Waals surface area contributed by atoms with Crippen LogP contribution in [0.1, 0.15) is 50.2 Å². The maximum atomic E-state index is 14.1. The van der Waals surface area contributed by atoms with Crippen LogP contribution < -0.4 is 5.73 Å². The van der Waals surface area contributed by atoms with Gasteiger partial charge in [0.25, 0.3) is 0 Å². The molecule has 0 bridgehead atoms. The van der Waals surface area contributed by atoms with Gasteiger partial charge in [0.2, 0.25) is 0 Å². The van der Waals surface area contributed by atoms with Crippen molar-refractivity contribution in [2.75, 3.05) is 0 Å². The van der Waals surface area contributed by atoms with E-state index in [9.17, 15) is 4.39 Å². The van der Waals surface area contributed by atoms with Gasteiger partial charge in [-0.15, -0.1) is 0 Å². The third kappa shape index (κ3) is 3.57. The standard InChI is InChI=1S/C16H23FN2O/c1-2-11-5-3-7-13(9-11)20-10-12-6-4-8-14(15(12)17)16(18)19/h4,6,8,11,13H,2-3,5,7,9-10H2,1H3,(H3,18,19). The fraction of sp³-hybridized carbons (Fsp3) is 0.562. The molecule has 0 heterocycles. The molecule has 0 amide bonds. The number of benzene rings is 1. The van der Waals surface area contributed by atoms with Gasteiger partial charge in [0.05, 0.1) is 18.3 Å². The van der Waals surface area contributed by atoms with Crippen molar-refractivity contribution in [3.8, 4) is 0 Å². The Balaban J connectivity index is 1.97. The van der Waals surface area contributed by atoms with E-state index in [2.05, 4.69) is 6.92 Å². The van der Waals surface area contributed by atoms with Gasteiger partial charge in [-0.1, -0.05) is 38.3 Å². The summed E-state index contributed by atoms with van der Waals surface area (Å²) in [5.74, 6) is 0.0677. The Bertz CT molecular complexity index is 476. The molecule has 0 aromatic heterocycles. The largest absolute Gasteiger partial charge is 0.384 e. The number of amidine groups is 1. The monoisotopic (exact) mass is 278 g/mol. The lowest BCUT2D eigenvalue weighted by molar-refractivity contribution is 0.000654. The zero-order valence-corrected chi connectivity index (χ0v) is 12.0. The molecule has 2 atom stereocenters. The van der Waals surface area contributed by atoms with Gasteiger partial charge in [-0.25, -0.2) is 4.39 Å². The highest BCUT2D eigenvalue weighted by molar-refractivity contribution is 5.95. The van der Waals surface area contributed by atoms with Crippen LogP contribution in [0.4, 0.5) is 4.39 Å². The Hall–Kier alpha value is -1.42. The van der Waals surface area contributed by atoms with Crippen molar-refractivity contribution in [1.82, 2.24) is 0 Å². The first-order chi connectivity index (χ1) is 9.61. The number of hydrogen-bond donors (Lipinski definition) is 2. The summed E-state index contributed by atoms with van der Waals surface area (Å²) in [4.78, 5) is 0. The van der Waals surface area contributed by atoms with Crippen molar-refractivity contribution in [3.63, 3.8) is 0 Å². The lowest BCUT2D eigenvalue weighted by Gasteiger charge is -2.28. The van der Waals surface area contributed by atoms with E-state index in [0.717, 1.165) is 18.8 Å². The van der Waals surface area contributed by atoms with Crippen molar-refractivity contribution in [2.45, 2.75) is 51.7 Å². The van der Waals surface area contributed by atoms with Crippen LogP contribution in [0.25, 0.3) is 0 Å². The molecule has 0 spiro atoms. The molecule has 1 aromatic rings. The summed E-state index contributed by atoms with van der Waals surface area (Å²) >= 11 is 0. The second kappa shape index (κ2) is 6.84. The summed E-state index contributed by atoms with van der Waals surface area (Å²) in [6, 6.07) is 4.94. The van der Waals surface area contributed by atoms with Crippen molar-refractivity contribution in [3.05, 3.63) is 35.1 Å². The Morgan fingerprint density at radius 3 is 2.95 bits per heavy atom. The van der Waals surface area contributed by atoms with Crippen LogP contribution in [0.15, 0.2) is 18.2 Å². The molecule has 1 aromatic carbocycles. The number of hydrogen-bond acceptors (Lipinski definition) is 2. The Kier molecular flexibility index (Phi) is 5.12. The molecule has 2 rings (SSSR count). The van der Waals surface area contributed by atoms with Gasteiger partial charge in [0, 0.05) is 5.56 Å². The molecular weight excluding hydrogens is 255 g/mol. The van der Waals surface area contributed by atoms with Crippen LogP contribution in [-0.2, 0) is 11.3 Å². The first kappa shape index (κ1) is 15.0. The topological polar surface area (TPSA) is 59.1 Å². The van der Waals surface area contributed by atoms with Gasteiger partial charge >= 0.3 is 0 Å². The Morgan fingerprint density at radius 1 is 1.45 bits per heavy atom. The van der Waals surface area contributed by atoms with E-state index in [0.29, 0.717) is 5.56 Å². The van der Waals surface area contributed by atoms with Gasteiger partial charge in [-0.3, -0.25) is 5.41 Å². The third-order valence-corrected chi connectivity index (χ3v) is 4.16. The minimum atomic E-state index is -0.428. The van der Waals surface area contributed by atoms with E-state index >= 15 is 0 Å². The SMILES string of the molecule is CCC1CCCC(OCc2cccc(C(=N)N)c2F)C1. The van der Waals surface area contributed by atoms with Gasteiger partial charge in [-0.2, -0.15) is 0 Å². The number of ether oxygens (including phenoxy) is 1. The molecule has 4 heteroatoms. The first-order valence-electron chi connectivity index (χ1n) is 7.35. The van der Waals surface area contributed by atoms with E-state index in [1.807, 2.05) is 0 Å². The lowest BCUT2D eigenvalue weighted by atomic mass is 9.85. The molecule has 20 heavy (non-hydrogen) atoms. The molecule has 0 aliphatic heterocycles. The van der Waals surface area contributed by atoms with Gasteiger partial charge in [-0.05, 0) is 24.8 Å². The van der Waals surface area contributed by atoms with E-state index in [1.54, 1.807) is 12.1 Å². The number of nitrogen functional groups attached to an aromatic ring is 1. The van der Waals surface area contributed by atoms with Gasteiger partial charge in [0.1, 0.15) is 11.7 Å². The molecule has 1 fully saturated rings. The fourth-order valence-corrected chi connectivity index (χ4v) is 2.87. The molecule has 1 aliphatic rings. The average Bonchev–Trinajstić information content (AvgIpc) is 2.46. The third-order valence-electron chi connectivity index (χ3n) is 4.16. The molecule has 110 valence electrons. The second-order valence-corrected chi connectivity index (χ2v) is 5.57. The van der Waals surface area contributed by atoms with Crippen molar-refractivity contribution < 1.29 is 9.13 Å². The molecule has 1 aliphatic carbocycles. The number of nitrogens with one attached hydrogen (secondary N) is 1. The molecular formula is C16H23FN2O. The quantitative estimate of drug-likeness (QED) is 0.638. The number of rotatable bonds is 5. The maximum Gasteiger partial charge on any atom is 0.139 e. The van der Waals surface area contributed by atoms with Crippen LogP contribution in [0.5, 0.6) is 0 Å². The molecule has 0 saturated heterocycles. The Morgan fingerprint density at radius 2 is 2.25 bits per heavy atom. The zero-order chi connectivity index (χ0) is 14.5. The molecule has 1 saturated carbocycles. The van der Waals surface area contributed by atoms with Crippen molar-refractivity contribution >= 4 is 5.84 Å². The summed E-state index contributed by atoms with van der Waals surface area (Å²) in [6.07, 6.45) is 6.03. The lowest BCUT2D eigenvalue weighted by Crippen LogP contribution is -2.23. The number of nitrogens with two attached hydrogens (primary N) is 1. The van der Waals surface area contributed by atoms with Crippen molar-refractivity contribution in [2.24, 2.45) is 11.7 Å². The molecule has 3 N–H and O–H groups in total. The average molecular weight is 278 g/mol. The van der Waals surface area contributed by atoms with Crippen LogP contribution in [0.3, 0.4) is 0 Å². The van der Waals surface area contributed by atoms with Gasteiger partial charge in [0.15, 0.2) is 0 Å². The van der Waals surface area contributed by atoms with E-state index < -0.39 is 5.82 Å². The van der Waals surface area contributed by atoms with Crippen LogP contribution in [0.2, 0.25) is 0 Å².